The molecule has 2 unspecified atom stereocenters. The molecule has 0 aliphatic heterocycles. The van der Waals surface area contributed by atoms with E-state index in [-0.39, 0.29) is 0 Å². The molecule has 0 rings (SSSR count). The van der Waals surface area contributed by atoms with E-state index >= 15 is 0 Å². The minimum atomic E-state index is 0.648. The Hall–Kier alpha value is -0.0800. The summed E-state index contributed by atoms with van der Waals surface area (Å²) >= 11 is 0. The Balaban J connectivity index is 3.98. The Morgan fingerprint density at radius 2 is 1.79 bits per heavy atom. The van der Waals surface area contributed by atoms with Gasteiger partial charge in [0.1, 0.15) is 0 Å². The number of methoxy groups -OCH3 is 1. The fourth-order valence-corrected chi connectivity index (χ4v) is 2.19. The first kappa shape index (κ1) is 13.9. The molecule has 2 atom stereocenters. The lowest BCUT2D eigenvalue weighted by molar-refractivity contribution is 0.142. The van der Waals surface area contributed by atoms with Crippen molar-refractivity contribution in [2.24, 2.45) is 11.8 Å². The first-order valence-corrected chi connectivity index (χ1v) is 5.85. The third-order valence-corrected chi connectivity index (χ3v) is 3.10. The molecule has 0 saturated heterocycles. The van der Waals surface area contributed by atoms with Crippen LogP contribution in [-0.2, 0) is 4.74 Å². The molecule has 0 heterocycles. The van der Waals surface area contributed by atoms with E-state index in [1.54, 1.807) is 7.11 Å². The van der Waals surface area contributed by atoms with Crippen LogP contribution in [0.15, 0.2) is 0 Å². The first-order chi connectivity index (χ1) is 6.69. The quantitative estimate of drug-likeness (QED) is 0.652. The van der Waals surface area contributed by atoms with Gasteiger partial charge in [-0.05, 0) is 25.3 Å². The van der Waals surface area contributed by atoms with E-state index in [4.69, 9.17) is 4.74 Å². The van der Waals surface area contributed by atoms with E-state index in [1.165, 1.54) is 19.3 Å². The third kappa shape index (κ3) is 4.97. The molecule has 0 aromatic carbocycles. The van der Waals surface area contributed by atoms with Gasteiger partial charge in [0.25, 0.3) is 0 Å². The van der Waals surface area contributed by atoms with Gasteiger partial charge in [0.2, 0.25) is 0 Å². The molecule has 0 fully saturated rings. The van der Waals surface area contributed by atoms with Gasteiger partial charge in [0, 0.05) is 19.8 Å². The van der Waals surface area contributed by atoms with Gasteiger partial charge in [-0.3, -0.25) is 0 Å². The van der Waals surface area contributed by atoms with Gasteiger partial charge in [-0.1, -0.05) is 33.6 Å². The lowest BCUT2D eigenvalue weighted by Gasteiger charge is -2.27. The molecule has 1 N–H and O–H groups in total. The summed E-state index contributed by atoms with van der Waals surface area (Å²) in [6.45, 7) is 7.69. The van der Waals surface area contributed by atoms with Crippen molar-refractivity contribution in [3.63, 3.8) is 0 Å². The molecule has 0 aromatic heterocycles. The van der Waals surface area contributed by atoms with Gasteiger partial charge < -0.3 is 10.1 Å². The maximum absolute atomic E-state index is 5.17. The van der Waals surface area contributed by atoms with Crippen LogP contribution in [0.5, 0.6) is 0 Å². The molecule has 2 nitrogen and oxygen atoms in total. The number of hydrogen-bond acceptors (Lipinski definition) is 2. The highest BCUT2D eigenvalue weighted by Crippen LogP contribution is 2.19. The van der Waals surface area contributed by atoms with E-state index < -0.39 is 0 Å². The molecule has 0 saturated carbocycles. The topological polar surface area (TPSA) is 21.3 Å². The van der Waals surface area contributed by atoms with Crippen LogP contribution in [0.25, 0.3) is 0 Å². The summed E-state index contributed by atoms with van der Waals surface area (Å²) in [6, 6.07) is 0.648. The highest BCUT2D eigenvalue weighted by Gasteiger charge is 2.18. The zero-order chi connectivity index (χ0) is 11.0. The molecule has 0 aliphatic carbocycles. The third-order valence-electron chi connectivity index (χ3n) is 3.10. The summed E-state index contributed by atoms with van der Waals surface area (Å²) in [6.07, 6.45) is 3.75. The van der Waals surface area contributed by atoms with Gasteiger partial charge in [0.15, 0.2) is 0 Å². The average Bonchev–Trinajstić information content (AvgIpc) is 2.18. The zero-order valence-electron chi connectivity index (χ0n) is 10.5. The molecule has 0 bridgehead atoms. The monoisotopic (exact) mass is 201 g/mol. The maximum atomic E-state index is 5.17. The lowest BCUT2D eigenvalue weighted by atomic mass is 9.88. The molecular formula is C12H27NO. The van der Waals surface area contributed by atoms with Crippen molar-refractivity contribution >= 4 is 0 Å². The van der Waals surface area contributed by atoms with Crippen molar-refractivity contribution < 1.29 is 4.74 Å². The van der Waals surface area contributed by atoms with Crippen LogP contribution in [0.1, 0.15) is 40.0 Å². The van der Waals surface area contributed by atoms with Crippen LogP contribution in [0, 0.1) is 11.8 Å². The van der Waals surface area contributed by atoms with E-state index in [0.717, 1.165) is 12.5 Å². The summed E-state index contributed by atoms with van der Waals surface area (Å²) in [5.41, 5.74) is 0. The van der Waals surface area contributed by atoms with Gasteiger partial charge in [-0.2, -0.15) is 0 Å². The van der Waals surface area contributed by atoms with Gasteiger partial charge >= 0.3 is 0 Å². The number of nitrogens with one attached hydrogen (secondary N) is 1. The largest absolute Gasteiger partial charge is 0.384 e. The van der Waals surface area contributed by atoms with Crippen LogP contribution < -0.4 is 5.32 Å². The molecule has 2 heteroatoms. The Morgan fingerprint density at radius 1 is 1.21 bits per heavy atom. The molecular weight excluding hydrogens is 174 g/mol. The highest BCUT2D eigenvalue weighted by atomic mass is 16.5. The number of hydrogen-bond donors (Lipinski definition) is 1. The smallest absolute Gasteiger partial charge is 0.0488 e. The molecule has 0 aromatic rings. The molecule has 0 radical (unpaired) electrons. The fourth-order valence-electron chi connectivity index (χ4n) is 2.19. The van der Waals surface area contributed by atoms with Gasteiger partial charge in [0.05, 0.1) is 0 Å². The minimum absolute atomic E-state index is 0.648. The van der Waals surface area contributed by atoms with Crippen LogP contribution in [0.2, 0.25) is 0 Å². The van der Waals surface area contributed by atoms with Crippen LogP contribution in [0.4, 0.5) is 0 Å². The Kier molecular flexibility index (Phi) is 8.20. The predicted molar refractivity (Wildman–Crippen MR) is 62.6 cm³/mol. The van der Waals surface area contributed by atoms with Crippen molar-refractivity contribution in [2.45, 2.75) is 46.1 Å². The van der Waals surface area contributed by atoms with Crippen molar-refractivity contribution in [1.29, 1.82) is 0 Å². The van der Waals surface area contributed by atoms with Crippen LogP contribution in [-0.4, -0.2) is 26.8 Å². The zero-order valence-corrected chi connectivity index (χ0v) is 10.5. The second kappa shape index (κ2) is 8.25. The van der Waals surface area contributed by atoms with Crippen molar-refractivity contribution in [2.75, 3.05) is 20.8 Å². The Bertz CT molecular complexity index is 123. The van der Waals surface area contributed by atoms with Gasteiger partial charge in [-0.15, -0.1) is 0 Å². The van der Waals surface area contributed by atoms with E-state index in [0.29, 0.717) is 12.0 Å². The molecule has 0 spiro atoms. The SMILES string of the molecule is CCC(CC)C(CC(C)COC)NC. The maximum Gasteiger partial charge on any atom is 0.0488 e. The van der Waals surface area contributed by atoms with E-state index in [1.807, 2.05) is 0 Å². The second-order valence-corrected chi connectivity index (χ2v) is 4.27. The Labute approximate surface area is 89.4 Å². The summed E-state index contributed by atoms with van der Waals surface area (Å²) < 4.78 is 5.17. The molecule has 0 amide bonds. The summed E-state index contributed by atoms with van der Waals surface area (Å²) in [4.78, 5) is 0. The van der Waals surface area contributed by atoms with Crippen LogP contribution >= 0.6 is 0 Å². The second-order valence-electron chi connectivity index (χ2n) is 4.27. The lowest BCUT2D eigenvalue weighted by Crippen LogP contribution is -2.35. The number of ether oxygens (including phenoxy) is 1. The Morgan fingerprint density at radius 3 is 2.14 bits per heavy atom. The molecule has 0 aliphatic rings. The standard InChI is InChI=1S/C12H27NO/c1-6-11(7-2)12(13-4)8-10(3)9-14-5/h10-13H,6-9H2,1-5H3. The van der Waals surface area contributed by atoms with Gasteiger partial charge in [-0.25, -0.2) is 0 Å². The normalized spacial score (nSPS) is 15.9. The van der Waals surface area contributed by atoms with Crippen molar-refractivity contribution in [3.8, 4) is 0 Å². The number of rotatable bonds is 8. The fraction of sp³-hybridized carbons (Fsp3) is 1.00. The summed E-state index contributed by atoms with van der Waals surface area (Å²) in [5, 5.41) is 3.44. The summed E-state index contributed by atoms with van der Waals surface area (Å²) in [7, 11) is 3.85. The molecule has 86 valence electrons. The van der Waals surface area contributed by atoms with E-state index in [9.17, 15) is 0 Å². The van der Waals surface area contributed by atoms with Crippen molar-refractivity contribution in [3.05, 3.63) is 0 Å². The summed E-state index contributed by atoms with van der Waals surface area (Å²) in [5.74, 6) is 1.46. The van der Waals surface area contributed by atoms with Crippen LogP contribution in [0.3, 0.4) is 0 Å². The predicted octanol–water partition coefficient (Wildman–Crippen LogP) is 2.68. The average molecular weight is 201 g/mol. The highest BCUT2D eigenvalue weighted by molar-refractivity contribution is 4.75. The molecule has 14 heavy (non-hydrogen) atoms. The van der Waals surface area contributed by atoms with E-state index in [2.05, 4.69) is 33.1 Å². The minimum Gasteiger partial charge on any atom is -0.384 e. The van der Waals surface area contributed by atoms with Crippen molar-refractivity contribution in [1.82, 2.24) is 5.32 Å². The first-order valence-electron chi connectivity index (χ1n) is 5.85.